The molecule has 0 radical (unpaired) electrons. The molecule has 1 saturated heterocycles. The van der Waals surface area contributed by atoms with Crippen molar-refractivity contribution in [3.05, 3.63) is 65.7 Å². The molecule has 29 heavy (non-hydrogen) atoms. The van der Waals surface area contributed by atoms with Crippen LogP contribution in [0.4, 0.5) is 0 Å². The molecule has 0 saturated carbocycles. The monoisotopic (exact) mass is 394 g/mol. The van der Waals surface area contributed by atoms with Gasteiger partial charge in [0.2, 0.25) is 5.82 Å². The van der Waals surface area contributed by atoms with Crippen molar-refractivity contribution in [3.63, 3.8) is 0 Å². The van der Waals surface area contributed by atoms with E-state index in [9.17, 15) is 9.59 Å². The van der Waals surface area contributed by atoms with Gasteiger partial charge in [0.25, 0.3) is 11.8 Å². The predicted octanol–water partition coefficient (Wildman–Crippen LogP) is 1.75. The molecule has 1 fully saturated rings. The van der Waals surface area contributed by atoms with Crippen LogP contribution in [0.5, 0.6) is 5.75 Å². The van der Waals surface area contributed by atoms with Crippen molar-refractivity contribution in [2.75, 3.05) is 33.4 Å². The van der Waals surface area contributed by atoms with E-state index in [2.05, 4.69) is 10.3 Å². The van der Waals surface area contributed by atoms with Gasteiger partial charge in [0.1, 0.15) is 5.75 Å². The van der Waals surface area contributed by atoms with Crippen molar-refractivity contribution < 1.29 is 19.1 Å². The molecule has 3 aromatic rings. The van der Waals surface area contributed by atoms with Crippen LogP contribution in [0.1, 0.15) is 26.7 Å². The fourth-order valence-electron chi connectivity index (χ4n) is 3.27. The summed E-state index contributed by atoms with van der Waals surface area (Å²) in [5.74, 6) is 0.456. The molecule has 2 aromatic heterocycles. The van der Waals surface area contributed by atoms with E-state index in [1.165, 1.54) is 0 Å². The minimum atomic E-state index is -0.328. The second-order valence-electron chi connectivity index (χ2n) is 6.68. The fraction of sp³-hybridized carbons (Fsp3) is 0.286. The van der Waals surface area contributed by atoms with Crippen LogP contribution in [0.15, 0.2) is 48.7 Å². The molecule has 1 N–H and O–H groups in total. The number of hydrogen-bond donors (Lipinski definition) is 1. The third-order valence-electron chi connectivity index (χ3n) is 4.87. The number of nitrogens with one attached hydrogen (secondary N) is 1. The maximum Gasteiger partial charge on any atom is 0.290 e. The van der Waals surface area contributed by atoms with E-state index >= 15 is 0 Å². The van der Waals surface area contributed by atoms with Gasteiger partial charge in [-0.2, -0.15) is 0 Å². The summed E-state index contributed by atoms with van der Waals surface area (Å²) in [5, 5.41) is 2.88. The van der Waals surface area contributed by atoms with Crippen molar-refractivity contribution in [1.82, 2.24) is 19.6 Å². The Hall–Kier alpha value is -3.39. The van der Waals surface area contributed by atoms with Gasteiger partial charge in [0.05, 0.1) is 25.8 Å². The van der Waals surface area contributed by atoms with Crippen LogP contribution in [0, 0.1) is 0 Å². The summed E-state index contributed by atoms with van der Waals surface area (Å²) < 4.78 is 12.1. The first-order valence-corrected chi connectivity index (χ1v) is 9.42. The largest absolute Gasteiger partial charge is 0.497 e. The molecule has 0 spiro atoms. The maximum absolute atomic E-state index is 12.9. The van der Waals surface area contributed by atoms with E-state index in [1.54, 1.807) is 28.7 Å². The number of pyridine rings is 1. The molecule has 0 unspecified atom stereocenters. The molecule has 8 nitrogen and oxygen atoms in total. The molecular weight excluding hydrogens is 372 g/mol. The number of amides is 2. The number of fused-ring (bicyclic) bond motifs is 1. The first-order chi connectivity index (χ1) is 14.2. The average Bonchev–Trinajstić information content (AvgIpc) is 3.18. The van der Waals surface area contributed by atoms with Crippen LogP contribution < -0.4 is 10.1 Å². The van der Waals surface area contributed by atoms with E-state index in [1.807, 2.05) is 36.4 Å². The maximum atomic E-state index is 12.9. The molecule has 3 heterocycles. The van der Waals surface area contributed by atoms with Crippen LogP contribution in [0.2, 0.25) is 0 Å². The number of nitrogens with zero attached hydrogens (tertiary/aromatic N) is 3. The Morgan fingerprint density at radius 2 is 1.90 bits per heavy atom. The normalized spacial score (nSPS) is 14.0. The highest BCUT2D eigenvalue weighted by Crippen LogP contribution is 2.16. The minimum absolute atomic E-state index is 0.205. The van der Waals surface area contributed by atoms with Crippen LogP contribution >= 0.6 is 0 Å². The quantitative estimate of drug-likeness (QED) is 0.713. The number of ether oxygens (including phenoxy) is 2. The van der Waals surface area contributed by atoms with E-state index in [-0.39, 0.29) is 23.3 Å². The minimum Gasteiger partial charge on any atom is -0.497 e. The Morgan fingerprint density at radius 3 is 2.62 bits per heavy atom. The molecular formula is C21H22N4O4. The smallest absolute Gasteiger partial charge is 0.290 e. The molecule has 4 rings (SSSR count). The molecule has 1 aromatic carbocycles. The zero-order chi connectivity index (χ0) is 20.2. The zero-order valence-corrected chi connectivity index (χ0v) is 16.1. The standard InChI is InChI=1S/C21H22N4O4/c1-28-16-7-5-15(6-8-16)14-22-20(26)18-17-4-2-3-9-25(17)19(23-18)21(27)24-10-12-29-13-11-24/h2-9H,10-14H2,1H3,(H,22,26). The van der Waals surface area contributed by atoms with Crippen molar-refractivity contribution in [3.8, 4) is 5.75 Å². The molecule has 0 bridgehead atoms. The number of methoxy groups -OCH3 is 1. The number of hydrogen-bond acceptors (Lipinski definition) is 5. The molecule has 8 heteroatoms. The second-order valence-corrected chi connectivity index (χ2v) is 6.68. The van der Waals surface area contributed by atoms with Crippen molar-refractivity contribution in [1.29, 1.82) is 0 Å². The number of imidazole rings is 1. The Balaban J connectivity index is 1.56. The lowest BCUT2D eigenvalue weighted by Gasteiger charge is -2.26. The molecule has 2 amide bonds. The fourth-order valence-corrected chi connectivity index (χ4v) is 3.27. The molecule has 150 valence electrons. The Bertz CT molecular complexity index is 1020. The predicted molar refractivity (Wildman–Crippen MR) is 106 cm³/mol. The van der Waals surface area contributed by atoms with E-state index in [0.29, 0.717) is 38.4 Å². The summed E-state index contributed by atoms with van der Waals surface area (Å²) in [6.07, 6.45) is 1.75. The highest BCUT2D eigenvalue weighted by atomic mass is 16.5. The van der Waals surface area contributed by atoms with Crippen molar-refractivity contribution in [2.45, 2.75) is 6.54 Å². The Morgan fingerprint density at radius 1 is 1.14 bits per heavy atom. The zero-order valence-electron chi connectivity index (χ0n) is 16.1. The molecule has 1 aliphatic heterocycles. The van der Waals surface area contributed by atoms with Gasteiger partial charge >= 0.3 is 0 Å². The summed E-state index contributed by atoms with van der Waals surface area (Å²) >= 11 is 0. The summed E-state index contributed by atoms with van der Waals surface area (Å²) in [6, 6.07) is 12.9. The third-order valence-corrected chi connectivity index (χ3v) is 4.87. The lowest BCUT2D eigenvalue weighted by molar-refractivity contribution is 0.0294. The van der Waals surface area contributed by atoms with Crippen molar-refractivity contribution >= 4 is 17.3 Å². The first-order valence-electron chi connectivity index (χ1n) is 9.42. The lowest BCUT2D eigenvalue weighted by Crippen LogP contribution is -2.41. The van der Waals surface area contributed by atoms with Gasteiger partial charge in [-0.25, -0.2) is 4.98 Å². The van der Waals surface area contributed by atoms with Crippen LogP contribution in [0.25, 0.3) is 5.52 Å². The van der Waals surface area contributed by atoms with Gasteiger partial charge in [0, 0.05) is 25.8 Å². The second kappa shape index (κ2) is 8.32. The van der Waals surface area contributed by atoms with E-state index in [0.717, 1.165) is 11.3 Å². The van der Waals surface area contributed by atoms with Gasteiger partial charge in [-0.15, -0.1) is 0 Å². The number of carbonyl (C=O) groups is 2. The Kier molecular flexibility index (Phi) is 5.44. The lowest BCUT2D eigenvalue weighted by atomic mass is 10.2. The third kappa shape index (κ3) is 3.93. The van der Waals surface area contributed by atoms with Crippen LogP contribution in [-0.4, -0.2) is 59.5 Å². The number of morpholine rings is 1. The van der Waals surface area contributed by atoms with E-state index < -0.39 is 0 Å². The van der Waals surface area contributed by atoms with Crippen molar-refractivity contribution in [2.24, 2.45) is 0 Å². The summed E-state index contributed by atoms with van der Waals surface area (Å²) in [4.78, 5) is 31.8. The topological polar surface area (TPSA) is 85.2 Å². The van der Waals surface area contributed by atoms with Gasteiger partial charge in [-0.3, -0.25) is 14.0 Å². The summed E-state index contributed by atoms with van der Waals surface area (Å²) in [5.41, 5.74) is 1.76. The molecule has 0 atom stereocenters. The summed E-state index contributed by atoms with van der Waals surface area (Å²) in [7, 11) is 1.61. The van der Waals surface area contributed by atoms with Gasteiger partial charge < -0.3 is 19.7 Å². The highest BCUT2D eigenvalue weighted by Gasteiger charge is 2.26. The highest BCUT2D eigenvalue weighted by molar-refractivity contribution is 6.02. The van der Waals surface area contributed by atoms with Crippen LogP contribution in [-0.2, 0) is 11.3 Å². The first kappa shape index (κ1) is 18.9. The molecule has 1 aliphatic rings. The number of benzene rings is 1. The number of rotatable bonds is 5. The van der Waals surface area contributed by atoms with Crippen LogP contribution in [0.3, 0.4) is 0 Å². The van der Waals surface area contributed by atoms with E-state index in [4.69, 9.17) is 9.47 Å². The average molecular weight is 394 g/mol. The van der Waals surface area contributed by atoms with Gasteiger partial charge in [-0.1, -0.05) is 18.2 Å². The Labute approximate surface area is 168 Å². The number of carbonyl (C=O) groups excluding carboxylic acids is 2. The summed E-state index contributed by atoms with van der Waals surface area (Å²) in [6.45, 7) is 2.38. The number of aromatic nitrogens is 2. The van der Waals surface area contributed by atoms with Gasteiger partial charge in [0.15, 0.2) is 5.69 Å². The SMILES string of the molecule is COc1ccc(CNC(=O)c2nc(C(=O)N3CCOCC3)n3ccccc23)cc1. The molecule has 0 aliphatic carbocycles. The van der Waals surface area contributed by atoms with Gasteiger partial charge in [-0.05, 0) is 29.8 Å².